The predicted octanol–water partition coefficient (Wildman–Crippen LogP) is 4.05. The molecule has 0 aliphatic rings. The first kappa shape index (κ1) is 22.1. The average molecular weight is 458 g/mol. The molecule has 164 valence electrons. The minimum atomic E-state index is -1.58. The normalized spacial score (nSPS) is 11.6. The zero-order chi connectivity index (χ0) is 23.4. The van der Waals surface area contributed by atoms with E-state index in [1.807, 2.05) is 34.9 Å². The number of nitrogens with zero attached hydrogens (tertiary/aromatic N) is 2. The molecule has 33 heavy (non-hydrogen) atoms. The molecule has 1 aromatic heterocycles. The van der Waals surface area contributed by atoms with Crippen molar-refractivity contribution in [3.05, 3.63) is 95.7 Å². The minimum absolute atomic E-state index is 0.300. The maximum atomic E-state index is 13.0. The SMILES string of the molecule is COS(=O)c1ccc(NC(=O)C(=O)c2cn(Cc3ccc(C#N)cc3)c3ccccc23)cc1. The summed E-state index contributed by atoms with van der Waals surface area (Å²) >= 11 is -1.58. The number of para-hydroxylation sites is 1. The zero-order valence-corrected chi connectivity index (χ0v) is 18.5. The third kappa shape index (κ3) is 4.75. The Morgan fingerprint density at radius 1 is 1.03 bits per heavy atom. The van der Waals surface area contributed by atoms with E-state index in [0.29, 0.717) is 33.6 Å². The van der Waals surface area contributed by atoms with Gasteiger partial charge in [0, 0.05) is 29.3 Å². The van der Waals surface area contributed by atoms with E-state index in [1.54, 1.807) is 48.7 Å². The zero-order valence-electron chi connectivity index (χ0n) is 17.6. The fourth-order valence-corrected chi connectivity index (χ4v) is 4.05. The van der Waals surface area contributed by atoms with Gasteiger partial charge in [0.25, 0.3) is 11.7 Å². The second kappa shape index (κ2) is 9.61. The van der Waals surface area contributed by atoms with Crippen LogP contribution in [0.5, 0.6) is 0 Å². The summed E-state index contributed by atoms with van der Waals surface area (Å²) in [6, 6.07) is 22.9. The number of hydrogen-bond donors (Lipinski definition) is 1. The lowest BCUT2D eigenvalue weighted by Gasteiger charge is -2.06. The molecular weight excluding hydrogens is 438 g/mol. The van der Waals surface area contributed by atoms with Gasteiger partial charge in [-0.25, -0.2) is 4.21 Å². The van der Waals surface area contributed by atoms with Crippen molar-refractivity contribution >= 4 is 39.4 Å². The second-order valence-corrected chi connectivity index (χ2v) is 8.48. The smallest absolute Gasteiger partial charge is 0.296 e. The number of anilines is 1. The van der Waals surface area contributed by atoms with E-state index in [0.717, 1.165) is 11.1 Å². The molecule has 4 aromatic rings. The third-order valence-corrected chi connectivity index (χ3v) is 6.09. The van der Waals surface area contributed by atoms with Crippen LogP contribution in [0.4, 0.5) is 5.69 Å². The number of Topliss-reactive ketones (excluding diaryl/α,β-unsaturated/α-hetero) is 1. The summed E-state index contributed by atoms with van der Waals surface area (Å²) in [7, 11) is 1.34. The molecule has 0 aliphatic carbocycles. The van der Waals surface area contributed by atoms with Gasteiger partial charge in [0.1, 0.15) is 0 Å². The van der Waals surface area contributed by atoms with E-state index in [4.69, 9.17) is 9.44 Å². The summed E-state index contributed by atoms with van der Waals surface area (Å²) in [5.41, 5.74) is 3.07. The molecule has 0 bridgehead atoms. The van der Waals surface area contributed by atoms with E-state index >= 15 is 0 Å². The molecule has 1 heterocycles. The largest absolute Gasteiger partial charge is 0.342 e. The van der Waals surface area contributed by atoms with Crippen LogP contribution < -0.4 is 5.32 Å². The van der Waals surface area contributed by atoms with Gasteiger partial charge in [0.05, 0.1) is 29.2 Å². The number of hydrogen-bond acceptors (Lipinski definition) is 5. The molecule has 1 N–H and O–H groups in total. The first-order chi connectivity index (χ1) is 16.0. The fraction of sp³-hybridized carbons (Fsp3) is 0.0800. The van der Waals surface area contributed by atoms with Crippen LogP contribution in [0.1, 0.15) is 21.5 Å². The van der Waals surface area contributed by atoms with Crippen LogP contribution in [-0.2, 0) is 26.6 Å². The van der Waals surface area contributed by atoms with Gasteiger partial charge in [-0.3, -0.25) is 13.8 Å². The van der Waals surface area contributed by atoms with Gasteiger partial charge in [-0.15, -0.1) is 0 Å². The molecule has 8 heteroatoms. The maximum Gasteiger partial charge on any atom is 0.296 e. The quantitative estimate of drug-likeness (QED) is 0.333. The summed E-state index contributed by atoms with van der Waals surface area (Å²) in [5.74, 6) is -1.42. The monoisotopic (exact) mass is 457 g/mol. The van der Waals surface area contributed by atoms with E-state index in [1.165, 1.54) is 7.11 Å². The minimum Gasteiger partial charge on any atom is -0.342 e. The summed E-state index contributed by atoms with van der Waals surface area (Å²) < 4.78 is 18.3. The van der Waals surface area contributed by atoms with Crippen molar-refractivity contribution in [3.8, 4) is 6.07 Å². The van der Waals surface area contributed by atoms with E-state index in [9.17, 15) is 13.8 Å². The Morgan fingerprint density at radius 2 is 1.73 bits per heavy atom. The maximum absolute atomic E-state index is 13.0. The number of nitriles is 1. The number of carbonyl (C=O) groups is 2. The van der Waals surface area contributed by atoms with Gasteiger partial charge in [-0.2, -0.15) is 5.26 Å². The average Bonchev–Trinajstić information content (AvgIpc) is 3.22. The van der Waals surface area contributed by atoms with Crippen molar-refractivity contribution in [2.45, 2.75) is 11.4 Å². The predicted molar refractivity (Wildman–Crippen MR) is 125 cm³/mol. The highest BCUT2D eigenvalue weighted by Crippen LogP contribution is 2.24. The molecule has 0 fully saturated rings. The Morgan fingerprint density at radius 3 is 2.39 bits per heavy atom. The molecule has 1 unspecified atom stereocenters. The summed E-state index contributed by atoms with van der Waals surface area (Å²) in [6.07, 6.45) is 1.68. The number of aromatic nitrogens is 1. The first-order valence-corrected chi connectivity index (χ1v) is 11.1. The number of nitrogens with one attached hydrogen (secondary N) is 1. The molecule has 0 radical (unpaired) electrons. The number of ketones is 1. The summed E-state index contributed by atoms with van der Waals surface area (Å²) in [6.45, 7) is 0.485. The van der Waals surface area contributed by atoms with Crippen LogP contribution in [0.15, 0.2) is 83.9 Å². The Hall–Kier alpha value is -4.06. The summed E-state index contributed by atoms with van der Waals surface area (Å²) in [5, 5.41) is 12.3. The standard InChI is InChI=1S/C25H19N3O4S/c1-32-33(31)20-12-10-19(11-13-20)27-25(30)24(29)22-16-28(23-5-3-2-4-21(22)23)15-18-8-6-17(14-26)7-9-18/h2-13,16H,15H2,1H3,(H,27,30). The lowest BCUT2D eigenvalue weighted by molar-refractivity contribution is -0.112. The van der Waals surface area contributed by atoms with Gasteiger partial charge < -0.3 is 9.88 Å². The van der Waals surface area contributed by atoms with Gasteiger partial charge in [0.15, 0.2) is 11.1 Å². The van der Waals surface area contributed by atoms with Crippen molar-refractivity contribution in [1.29, 1.82) is 5.26 Å². The number of carbonyl (C=O) groups excluding carboxylic acids is 2. The Bertz CT molecular complexity index is 1400. The Kier molecular flexibility index (Phi) is 6.45. The van der Waals surface area contributed by atoms with E-state index in [2.05, 4.69) is 11.4 Å². The molecule has 1 atom stereocenters. The van der Waals surface area contributed by atoms with Crippen molar-refractivity contribution in [2.75, 3.05) is 12.4 Å². The molecule has 3 aromatic carbocycles. The molecule has 1 amide bonds. The molecule has 0 saturated heterocycles. The molecule has 0 spiro atoms. The highest BCUT2D eigenvalue weighted by atomic mass is 32.2. The van der Waals surface area contributed by atoms with Gasteiger partial charge in [-0.05, 0) is 48.0 Å². The Balaban J connectivity index is 1.58. The first-order valence-electron chi connectivity index (χ1n) is 9.99. The number of rotatable bonds is 7. The van der Waals surface area contributed by atoms with Gasteiger partial charge in [-0.1, -0.05) is 30.3 Å². The van der Waals surface area contributed by atoms with Crippen LogP contribution >= 0.6 is 0 Å². The molecule has 0 aliphatic heterocycles. The van der Waals surface area contributed by atoms with Crippen molar-refractivity contribution in [2.24, 2.45) is 0 Å². The third-order valence-electron chi connectivity index (χ3n) is 5.13. The number of amides is 1. The van der Waals surface area contributed by atoms with Crippen molar-refractivity contribution in [1.82, 2.24) is 4.57 Å². The van der Waals surface area contributed by atoms with Gasteiger partial charge >= 0.3 is 0 Å². The molecule has 4 rings (SSSR count). The molecule has 7 nitrogen and oxygen atoms in total. The topological polar surface area (TPSA) is 101 Å². The number of benzene rings is 3. The van der Waals surface area contributed by atoms with Crippen molar-refractivity contribution < 1.29 is 18.0 Å². The fourth-order valence-electron chi connectivity index (χ4n) is 3.50. The lowest BCUT2D eigenvalue weighted by atomic mass is 10.1. The molecular formula is C25H19N3O4S. The second-order valence-electron chi connectivity index (χ2n) is 7.21. The number of fused-ring (bicyclic) bond motifs is 1. The Labute approximate surface area is 192 Å². The van der Waals surface area contributed by atoms with Crippen LogP contribution in [0.3, 0.4) is 0 Å². The van der Waals surface area contributed by atoms with Crippen LogP contribution in [0.25, 0.3) is 10.9 Å². The van der Waals surface area contributed by atoms with E-state index in [-0.39, 0.29) is 0 Å². The van der Waals surface area contributed by atoms with E-state index < -0.39 is 22.8 Å². The highest BCUT2D eigenvalue weighted by Gasteiger charge is 2.22. The van der Waals surface area contributed by atoms with Crippen molar-refractivity contribution in [3.63, 3.8) is 0 Å². The van der Waals surface area contributed by atoms with Gasteiger partial charge in [0.2, 0.25) is 0 Å². The van der Waals surface area contributed by atoms with Crippen LogP contribution in [-0.4, -0.2) is 27.6 Å². The lowest BCUT2D eigenvalue weighted by Crippen LogP contribution is -2.22. The molecule has 0 saturated carbocycles. The summed E-state index contributed by atoms with van der Waals surface area (Å²) in [4.78, 5) is 26.1. The van der Waals surface area contributed by atoms with Crippen LogP contribution in [0, 0.1) is 11.3 Å². The van der Waals surface area contributed by atoms with Crippen LogP contribution in [0.2, 0.25) is 0 Å². The highest BCUT2D eigenvalue weighted by molar-refractivity contribution is 7.80.